The third-order valence-corrected chi connectivity index (χ3v) is 9.77. The van der Waals surface area contributed by atoms with Gasteiger partial charge in [0, 0.05) is 49.1 Å². The summed E-state index contributed by atoms with van der Waals surface area (Å²) in [4.78, 5) is 22.8. The summed E-state index contributed by atoms with van der Waals surface area (Å²) in [5.41, 5.74) is 2.43. The SMILES string of the molecule is CCC(CC)[C@@H]1C[C@H](c2ccccc2)CCN1C(=O)[C@@H]1CNC[C@]12CNCc1nc(C)sc12. The van der Waals surface area contributed by atoms with Gasteiger partial charge < -0.3 is 15.5 Å². The van der Waals surface area contributed by atoms with Crippen molar-refractivity contribution in [2.75, 3.05) is 26.2 Å². The molecule has 5 rings (SSSR count). The summed E-state index contributed by atoms with van der Waals surface area (Å²) in [6, 6.07) is 11.3. The minimum absolute atomic E-state index is 0.0194. The number of piperidine rings is 1. The molecule has 33 heavy (non-hydrogen) atoms. The summed E-state index contributed by atoms with van der Waals surface area (Å²) < 4.78 is 0. The fourth-order valence-electron chi connectivity index (χ4n) is 6.75. The summed E-state index contributed by atoms with van der Waals surface area (Å²) in [6.45, 7) is 10.9. The van der Waals surface area contributed by atoms with Crippen LogP contribution in [0, 0.1) is 18.8 Å². The number of rotatable bonds is 5. The van der Waals surface area contributed by atoms with Gasteiger partial charge in [-0.05, 0) is 37.2 Å². The Morgan fingerprint density at radius 3 is 2.73 bits per heavy atom. The van der Waals surface area contributed by atoms with Gasteiger partial charge in [0.2, 0.25) is 5.91 Å². The molecule has 3 aliphatic rings. The van der Waals surface area contributed by atoms with Crippen LogP contribution in [-0.2, 0) is 16.8 Å². The van der Waals surface area contributed by atoms with Gasteiger partial charge in [0.1, 0.15) is 0 Å². The molecule has 6 heteroatoms. The molecule has 1 amide bonds. The molecule has 4 heterocycles. The second-order valence-electron chi connectivity index (χ2n) is 10.3. The standard InChI is InChI=1S/C27H38N4OS/c1-4-19(5-2)24-13-21(20-9-7-6-8-10-20)11-12-31(24)26(32)22-14-28-16-27(22)17-29-15-23-25(27)33-18(3)30-23/h6-10,19,21-22,24,28-29H,4-5,11-17H2,1-3H3/t21-,22+,24+,27+/m1/s1. The van der Waals surface area contributed by atoms with E-state index in [9.17, 15) is 4.79 Å². The number of aryl methyl sites for hydroxylation is 1. The topological polar surface area (TPSA) is 57.3 Å². The molecule has 1 aromatic heterocycles. The molecular weight excluding hydrogens is 428 g/mol. The van der Waals surface area contributed by atoms with E-state index in [2.05, 4.69) is 66.6 Å². The first-order valence-electron chi connectivity index (χ1n) is 12.8. The van der Waals surface area contributed by atoms with Crippen molar-refractivity contribution in [2.45, 2.75) is 70.4 Å². The number of likely N-dealkylation sites (tertiary alicyclic amines) is 1. The average Bonchev–Trinajstić information content (AvgIpc) is 3.44. The van der Waals surface area contributed by atoms with Crippen LogP contribution in [0.15, 0.2) is 30.3 Å². The van der Waals surface area contributed by atoms with Crippen molar-refractivity contribution in [3.63, 3.8) is 0 Å². The zero-order chi connectivity index (χ0) is 23.0. The monoisotopic (exact) mass is 466 g/mol. The van der Waals surface area contributed by atoms with Gasteiger partial charge in [-0.1, -0.05) is 57.0 Å². The third kappa shape index (κ3) is 4.04. The van der Waals surface area contributed by atoms with E-state index in [1.807, 2.05) is 0 Å². The summed E-state index contributed by atoms with van der Waals surface area (Å²) in [7, 11) is 0. The van der Waals surface area contributed by atoms with Crippen molar-refractivity contribution < 1.29 is 4.79 Å². The number of hydrogen-bond donors (Lipinski definition) is 2. The first kappa shape index (κ1) is 23.0. The molecule has 178 valence electrons. The second-order valence-corrected chi connectivity index (χ2v) is 11.5. The lowest BCUT2D eigenvalue weighted by atomic mass is 9.72. The van der Waals surface area contributed by atoms with E-state index >= 15 is 0 Å². The van der Waals surface area contributed by atoms with Gasteiger partial charge in [-0.3, -0.25) is 4.79 Å². The molecule has 3 aliphatic heterocycles. The molecule has 0 unspecified atom stereocenters. The predicted octanol–water partition coefficient (Wildman–Crippen LogP) is 4.22. The highest BCUT2D eigenvalue weighted by atomic mass is 32.1. The number of fused-ring (bicyclic) bond motifs is 2. The summed E-state index contributed by atoms with van der Waals surface area (Å²) in [5.74, 6) is 1.44. The minimum atomic E-state index is -0.161. The lowest BCUT2D eigenvalue weighted by Gasteiger charge is -2.46. The van der Waals surface area contributed by atoms with Crippen LogP contribution in [0.4, 0.5) is 0 Å². The van der Waals surface area contributed by atoms with Crippen molar-refractivity contribution in [1.82, 2.24) is 20.5 Å². The first-order valence-corrected chi connectivity index (χ1v) is 13.6. The molecule has 1 aromatic carbocycles. The van der Waals surface area contributed by atoms with Crippen LogP contribution < -0.4 is 10.6 Å². The van der Waals surface area contributed by atoms with E-state index in [4.69, 9.17) is 4.98 Å². The van der Waals surface area contributed by atoms with Gasteiger partial charge >= 0.3 is 0 Å². The smallest absolute Gasteiger partial charge is 0.228 e. The predicted molar refractivity (Wildman–Crippen MR) is 135 cm³/mol. The zero-order valence-corrected chi connectivity index (χ0v) is 21.1. The highest BCUT2D eigenvalue weighted by molar-refractivity contribution is 7.11. The van der Waals surface area contributed by atoms with Gasteiger partial charge in [0.05, 0.1) is 16.6 Å². The fourth-order valence-corrected chi connectivity index (χ4v) is 7.92. The normalized spacial score (nSPS) is 29.6. The Bertz CT molecular complexity index is 972. The molecule has 1 spiro atoms. The molecule has 0 saturated carbocycles. The number of nitrogens with zero attached hydrogens (tertiary/aromatic N) is 2. The van der Waals surface area contributed by atoms with Gasteiger partial charge in [-0.15, -0.1) is 11.3 Å². The first-order chi connectivity index (χ1) is 16.1. The third-order valence-electron chi connectivity index (χ3n) is 8.54. The number of nitrogens with one attached hydrogen (secondary N) is 2. The lowest BCUT2D eigenvalue weighted by Crippen LogP contribution is -2.57. The Hall–Kier alpha value is -1.76. The van der Waals surface area contributed by atoms with Gasteiger partial charge in [0.25, 0.3) is 0 Å². The minimum Gasteiger partial charge on any atom is -0.339 e. The molecule has 2 saturated heterocycles. The number of aromatic nitrogens is 1. The van der Waals surface area contributed by atoms with Crippen molar-refractivity contribution in [3.05, 3.63) is 51.5 Å². The van der Waals surface area contributed by atoms with E-state index < -0.39 is 0 Å². The summed E-state index contributed by atoms with van der Waals surface area (Å²) >= 11 is 1.81. The van der Waals surface area contributed by atoms with Crippen molar-refractivity contribution in [3.8, 4) is 0 Å². The van der Waals surface area contributed by atoms with Crippen molar-refractivity contribution >= 4 is 17.2 Å². The molecule has 0 radical (unpaired) electrons. The Kier molecular flexibility index (Phi) is 6.60. The highest BCUT2D eigenvalue weighted by Crippen LogP contribution is 2.45. The number of benzene rings is 1. The maximum atomic E-state index is 14.3. The number of carbonyl (C=O) groups excluding carboxylic acids is 1. The molecule has 2 fully saturated rings. The van der Waals surface area contributed by atoms with Crippen LogP contribution in [0.1, 0.15) is 66.6 Å². The lowest BCUT2D eigenvalue weighted by molar-refractivity contribution is -0.142. The van der Waals surface area contributed by atoms with Gasteiger partial charge in [0.15, 0.2) is 0 Å². The Morgan fingerprint density at radius 2 is 1.97 bits per heavy atom. The van der Waals surface area contributed by atoms with Crippen LogP contribution in [0.25, 0.3) is 0 Å². The number of amides is 1. The van der Waals surface area contributed by atoms with Crippen LogP contribution in [-0.4, -0.2) is 48.0 Å². The zero-order valence-electron chi connectivity index (χ0n) is 20.3. The van der Waals surface area contributed by atoms with E-state index in [1.165, 1.54) is 10.4 Å². The quantitative estimate of drug-likeness (QED) is 0.693. The van der Waals surface area contributed by atoms with E-state index in [0.717, 1.165) is 69.1 Å². The molecule has 4 atom stereocenters. The molecule has 0 aliphatic carbocycles. The van der Waals surface area contributed by atoms with Gasteiger partial charge in [-0.25, -0.2) is 4.98 Å². The summed E-state index contributed by atoms with van der Waals surface area (Å²) in [6.07, 6.45) is 4.39. The van der Waals surface area contributed by atoms with Crippen molar-refractivity contribution in [2.24, 2.45) is 11.8 Å². The number of carbonyl (C=O) groups is 1. The second kappa shape index (κ2) is 9.47. The molecule has 2 N–H and O–H groups in total. The van der Waals surface area contributed by atoms with E-state index in [0.29, 0.717) is 23.8 Å². The molecule has 2 aromatic rings. The van der Waals surface area contributed by atoms with Crippen LogP contribution in [0.3, 0.4) is 0 Å². The Morgan fingerprint density at radius 1 is 1.21 bits per heavy atom. The van der Waals surface area contributed by atoms with E-state index in [-0.39, 0.29) is 11.3 Å². The number of thiazole rings is 1. The molecule has 5 nitrogen and oxygen atoms in total. The summed E-state index contributed by atoms with van der Waals surface area (Å²) in [5, 5.41) is 8.31. The van der Waals surface area contributed by atoms with Crippen LogP contribution in [0.2, 0.25) is 0 Å². The van der Waals surface area contributed by atoms with Gasteiger partial charge in [-0.2, -0.15) is 0 Å². The number of hydrogen-bond acceptors (Lipinski definition) is 5. The van der Waals surface area contributed by atoms with Crippen molar-refractivity contribution in [1.29, 1.82) is 0 Å². The van der Waals surface area contributed by atoms with Crippen LogP contribution >= 0.6 is 11.3 Å². The Balaban J connectivity index is 1.44. The molecule has 0 bridgehead atoms. The maximum Gasteiger partial charge on any atom is 0.228 e. The van der Waals surface area contributed by atoms with E-state index in [1.54, 1.807) is 11.3 Å². The average molecular weight is 467 g/mol. The largest absolute Gasteiger partial charge is 0.339 e. The highest BCUT2D eigenvalue weighted by Gasteiger charge is 2.53. The molecular formula is C27H38N4OS. The maximum absolute atomic E-state index is 14.3. The fraction of sp³-hybridized carbons (Fsp3) is 0.630. The van der Waals surface area contributed by atoms with Crippen LogP contribution in [0.5, 0.6) is 0 Å². The Labute approximate surface area is 202 Å².